The number of aliphatic hydroxyl groups excluding tert-OH is 1. The summed E-state index contributed by atoms with van der Waals surface area (Å²) < 4.78 is 22.1. The van der Waals surface area contributed by atoms with Crippen molar-refractivity contribution in [1.29, 1.82) is 0 Å². The van der Waals surface area contributed by atoms with Crippen LogP contribution in [0.15, 0.2) is 24.3 Å². The number of nitrogens with one attached hydrogen (secondary N) is 1. The third-order valence-electron chi connectivity index (χ3n) is 3.11. The zero-order valence-corrected chi connectivity index (χ0v) is 13.1. The summed E-state index contributed by atoms with van der Waals surface area (Å²) in [4.78, 5) is 12.0. The van der Waals surface area contributed by atoms with Gasteiger partial charge in [0, 0.05) is 23.9 Å². The van der Waals surface area contributed by atoms with Crippen molar-refractivity contribution in [2.45, 2.75) is 18.6 Å². The van der Waals surface area contributed by atoms with Crippen LogP contribution in [0, 0.1) is 11.8 Å². The van der Waals surface area contributed by atoms with E-state index in [-0.39, 0.29) is 19.1 Å². The highest BCUT2D eigenvalue weighted by molar-refractivity contribution is 7.92. The molecule has 114 valence electrons. The quantitative estimate of drug-likeness (QED) is 0.797. The van der Waals surface area contributed by atoms with Gasteiger partial charge < -0.3 is 10.4 Å². The van der Waals surface area contributed by atoms with Crippen molar-refractivity contribution >= 4 is 15.7 Å². The van der Waals surface area contributed by atoms with E-state index in [0.29, 0.717) is 11.1 Å². The van der Waals surface area contributed by atoms with Crippen molar-refractivity contribution < 1.29 is 18.3 Å². The van der Waals surface area contributed by atoms with E-state index in [1.165, 1.54) is 0 Å². The van der Waals surface area contributed by atoms with E-state index < -0.39 is 14.6 Å². The highest BCUT2D eigenvalue weighted by Gasteiger charge is 2.30. The Hall–Kier alpha value is -1.84. The summed E-state index contributed by atoms with van der Waals surface area (Å²) in [6.07, 6.45) is 1.14. The number of carbonyl (C=O) groups excluding carboxylic acids is 1. The van der Waals surface area contributed by atoms with E-state index in [1.807, 2.05) is 0 Å². The van der Waals surface area contributed by atoms with Gasteiger partial charge in [-0.1, -0.05) is 17.9 Å². The van der Waals surface area contributed by atoms with Crippen molar-refractivity contribution in [1.82, 2.24) is 5.32 Å². The van der Waals surface area contributed by atoms with E-state index in [0.717, 1.165) is 6.26 Å². The molecule has 0 spiro atoms. The monoisotopic (exact) mass is 309 g/mol. The van der Waals surface area contributed by atoms with Crippen molar-refractivity contribution in [3.8, 4) is 11.8 Å². The van der Waals surface area contributed by atoms with Gasteiger partial charge in [-0.05, 0) is 32.0 Å². The number of carbonyl (C=O) groups is 1. The molecule has 1 rings (SSSR count). The van der Waals surface area contributed by atoms with E-state index in [2.05, 4.69) is 17.2 Å². The van der Waals surface area contributed by atoms with Crippen LogP contribution in [0.1, 0.15) is 29.8 Å². The van der Waals surface area contributed by atoms with Gasteiger partial charge in [0.2, 0.25) is 0 Å². The van der Waals surface area contributed by atoms with E-state index >= 15 is 0 Å². The van der Waals surface area contributed by atoms with Crippen molar-refractivity contribution in [2.24, 2.45) is 0 Å². The van der Waals surface area contributed by atoms with Gasteiger partial charge in [-0.3, -0.25) is 4.79 Å². The van der Waals surface area contributed by atoms with Gasteiger partial charge in [0.05, 0.1) is 4.75 Å². The molecule has 0 aliphatic carbocycles. The summed E-state index contributed by atoms with van der Waals surface area (Å²) in [7, 11) is -3.27. The number of sulfone groups is 1. The normalized spacial score (nSPS) is 11.4. The highest BCUT2D eigenvalue weighted by Crippen LogP contribution is 2.14. The van der Waals surface area contributed by atoms with Gasteiger partial charge in [-0.2, -0.15) is 0 Å². The van der Waals surface area contributed by atoms with Gasteiger partial charge in [-0.15, -0.1) is 0 Å². The molecule has 21 heavy (non-hydrogen) atoms. The number of rotatable bonds is 4. The molecule has 0 fully saturated rings. The SMILES string of the molecule is CC(C)(CNC(=O)c1cccc(C#CCO)c1)S(C)(=O)=O. The maximum absolute atomic E-state index is 12.0. The third kappa shape index (κ3) is 4.88. The van der Waals surface area contributed by atoms with Crippen LogP contribution in [0.5, 0.6) is 0 Å². The molecule has 6 heteroatoms. The fourth-order valence-corrected chi connectivity index (χ4v) is 1.74. The summed E-state index contributed by atoms with van der Waals surface area (Å²) in [5.41, 5.74) is 1.00. The van der Waals surface area contributed by atoms with Gasteiger partial charge in [-0.25, -0.2) is 8.42 Å². The molecule has 1 aromatic carbocycles. The molecule has 0 saturated carbocycles. The lowest BCUT2D eigenvalue weighted by Crippen LogP contribution is -2.43. The largest absolute Gasteiger partial charge is 0.384 e. The Balaban J connectivity index is 2.82. The van der Waals surface area contributed by atoms with Crippen molar-refractivity contribution in [3.63, 3.8) is 0 Å². The van der Waals surface area contributed by atoms with Crippen LogP contribution in [0.2, 0.25) is 0 Å². The lowest BCUT2D eigenvalue weighted by molar-refractivity contribution is 0.0950. The summed E-state index contributed by atoms with van der Waals surface area (Å²) >= 11 is 0. The molecule has 0 atom stereocenters. The number of benzene rings is 1. The lowest BCUT2D eigenvalue weighted by Gasteiger charge is -2.22. The number of hydrogen-bond donors (Lipinski definition) is 2. The summed E-state index contributed by atoms with van der Waals surface area (Å²) in [6, 6.07) is 6.61. The zero-order chi connectivity index (χ0) is 16.1. The van der Waals surface area contributed by atoms with E-state index in [4.69, 9.17) is 5.11 Å². The number of hydrogen-bond acceptors (Lipinski definition) is 4. The van der Waals surface area contributed by atoms with Crippen LogP contribution in [0.4, 0.5) is 0 Å². The second-order valence-electron chi connectivity index (χ2n) is 5.26. The summed E-state index contributed by atoms with van der Waals surface area (Å²) in [5.74, 6) is 4.85. The summed E-state index contributed by atoms with van der Waals surface area (Å²) in [5, 5.41) is 11.3. The van der Waals surface area contributed by atoms with E-state index in [1.54, 1.807) is 38.1 Å². The minimum atomic E-state index is -3.27. The first kappa shape index (κ1) is 17.2. The molecule has 0 unspecified atom stereocenters. The van der Waals surface area contributed by atoms with Crippen LogP contribution >= 0.6 is 0 Å². The molecule has 2 N–H and O–H groups in total. The van der Waals surface area contributed by atoms with E-state index in [9.17, 15) is 13.2 Å². The fraction of sp³-hybridized carbons (Fsp3) is 0.400. The molecular formula is C15H19NO4S. The zero-order valence-electron chi connectivity index (χ0n) is 12.3. The Morgan fingerprint density at radius 1 is 1.38 bits per heavy atom. The van der Waals surface area contributed by atoms with Crippen LogP contribution < -0.4 is 5.32 Å². The van der Waals surface area contributed by atoms with Gasteiger partial charge in [0.25, 0.3) is 5.91 Å². The number of aliphatic hydroxyl groups is 1. The van der Waals surface area contributed by atoms with Crippen LogP contribution in [-0.4, -0.2) is 43.6 Å². The molecule has 0 saturated heterocycles. The highest BCUT2D eigenvalue weighted by atomic mass is 32.2. The van der Waals surface area contributed by atoms with Crippen molar-refractivity contribution in [3.05, 3.63) is 35.4 Å². The molecule has 1 aromatic rings. The maximum atomic E-state index is 12.0. The number of amides is 1. The van der Waals surface area contributed by atoms with Crippen molar-refractivity contribution in [2.75, 3.05) is 19.4 Å². The Labute approximate surface area is 125 Å². The first-order valence-electron chi connectivity index (χ1n) is 6.35. The third-order valence-corrected chi connectivity index (χ3v) is 5.27. The van der Waals surface area contributed by atoms with Crippen LogP contribution in [0.3, 0.4) is 0 Å². The average molecular weight is 309 g/mol. The fourth-order valence-electron chi connectivity index (χ4n) is 1.41. The first-order valence-corrected chi connectivity index (χ1v) is 8.24. The van der Waals surface area contributed by atoms with Gasteiger partial charge in [0.1, 0.15) is 6.61 Å². The predicted octanol–water partition coefficient (Wildman–Crippen LogP) is 0.583. The molecule has 0 bridgehead atoms. The molecule has 1 amide bonds. The van der Waals surface area contributed by atoms with Crippen LogP contribution in [-0.2, 0) is 9.84 Å². The lowest BCUT2D eigenvalue weighted by atomic mass is 10.1. The minimum absolute atomic E-state index is 0.0250. The smallest absolute Gasteiger partial charge is 0.251 e. The molecule has 0 aromatic heterocycles. The average Bonchev–Trinajstić information content (AvgIpc) is 2.41. The molecule has 0 radical (unpaired) electrons. The molecule has 0 aliphatic rings. The second-order valence-corrected chi connectivity index (χ2v) is 7.90. The molecular weight excluding hydrogens is 290 g/mol. The molecule has 0 heterocycles. The standard InChI is InChI=1S/C15H19NO4S/c1-15(2,21(3,19)20)11-16-14(18)13-8-4-6-12(10-13)7-5-9-17/h4,6,8,10,17H,9,11H2,1-3H3,(H,16,18). The topological polar surface area (TPSA) is 83.5 Å². The predicted molar refractivity (Wildman–Crippen MR) is 81.7 cm³/mol. The minimum Gasteiger partial charge on any atom is -0.384 e. The first-order chi connectivity index (χ1) is 9.67. The summed E-state index contributed by atoms with van der Waals surface area (Å²) in [6.45, 7) is 2.90. The van der Waals surface area contributed by atoms with Gasteiger partial charge in [0.15, 0.2) is 9.84 Å². The maximum Gasteiger partial charge on any atom is 0.251 e. The van der Waals surface area contributed by atoms with Gasteiger partial charge >= 0.3 is 0 Å². The van der Waals surface area contributed by atoms with Crippen LogP contribution in [0.25, 0.3) is 0 Å². The second kappa shape index (κ2) is 6.74. The molecule has 5 nitrogen and oxygen atoms in total. The molecule has 0 aliphatic heterocycles. The Bertz CT molecular complexity index is 681. The Kier molecular flexibility index (Phi) is 5.53. The Morgan fingerprint density at radius 3 is 2.62 bits per heavy atom. The Morgan fingerprint density at radius 2 is 2.05 bits per heavy atom.